The molecule has 0 radical (unpaired) electrons. The lowest BCUT2D eigenvalue weighted by molar-refractivity contribution is 0.526. The molecule has 0 atom stereocenters. The number of nitrogens with one attached hydrogen (secondary N) is 1. The lowest BCUT2D eigenvalue weighted by atomic mass is 10.0. The third-order valence-corrected chi connectivity index (χ3v) is 4.60. The van der Waals surface area contributed by atoms with Gasteiger partial charge < -0.3 is 11.1 Å². The molecule has 5 heteroatoms. The molecule has 4 nitrogen and oxygen atoms in total. The standard InChI is InChI=1S/C13H22N2O2S/c1-4-18(16,17)12-7-5-11(6-8-12)15-13(2,3)9-10-14/h5-8,15H,4,9-10,14H2,1-3H3. The normalized spacial score (nSPS) is 12.4. The van der Waals surface area contributed by atoms with Gasteiger partial charge in [0.2, 0.25) is 0 Å². The van der Waals surface area contributed by atoms with Crippen molar-refractivity contribution >= 4 is 15.5 Å². The molecule has 0 saturated carbocycles. The summed E-state index contributed by atoms with van der Waals surface area (Å²) in [5.41, 5.74) is 6.36. The van der Waals surface area contributed by atoms with Crippen LogP contribution in [0.1, 0.15) is 27.2 Å². The summed E-state index contributed by atoms with van der Waals surface area (Å²) in [6.45, 7) is 6.39. The van der Waals surface area contributed by atoms with E-state index in [9.17, 15) is 8.42 Å². The number of anilines is 1. The van der Waals surface area contributed by atoms with Gasteiger partial charge in [-0.1, -0.05) is 6.92 Å². The Kier molecular flexibility index (Phi) is 4.76. The molecule has 0 fully saturated rings. The molecule has 0 heterocycles. The van der Waals surface area contributed by atoms with Crippen LogP contribution >= 0.6 is 0 Å². The van der Waals surface area contributed by atoms with Crippen LogP contribution in [0, 0.1) is 0 Å². The van der Waals surface area contributed by atoms with Crippen molar-refractivity contribution in [1.82, 2.24) is 0 Å². The molecule has 1 rings (SSSR count). The van der Waals surface area contributed by atoms with Gasteiger partial charge in [0.1, 0.15) is 0 Å². The monoisotopic (exact) mass is 270 g/mol. The third-order valence-electron chi connectivity index (χ3n) is 2.85. The first-order valence-corrected chi connectivity index (χ1v) is 7.77. The Balaban J connectivity index is 2.84. The van der Waals surface area contributed by atoms with Crippen molar-refractivity contribution in [2.45, 2.75) is 37.6 Å². The highest BCUT2D eigenvalue weighted by Crippen LogP contribution is 2.20. The molecule has 0 aromatic heterocycles. The van der Waals surface area contributed by atoms with Gasteiger partial charge in [0.15, 0.2) is 9.84 Å². The van der Waals surface area contributed by atoms with Crippen LogP contribution < -0.4 is 11.1 Å². The third kappa shape index (κ3) is 3.99. The van der Waals surface area contributed by atoms with E-state index in [4.69, 9.17) is 5.73 Å². The van der Waals surface area contributed by atoms with Crippen molar-refractivity contribution in [3.05, 3.63) is 24.3 Å². The molecule has 102 valence electrons. The minimum Gasteiger partial charge on any atom is -0.380 e. The van der Waals surface area contributed by atoms with E-state index in [1.54, 1.807) is 31.2 Å². The summed E-state index contributed by atoms with van der Waals surface area (Å²) in [4.78, 5) is 0.368. The smallest absolute Gasteiger partial charge is 0.178 e. The fourth-order valence-electron chi connectivity index (χ4n) is 1.73. The van der Waals surface area contributed by atoms with Gasteiger partial charge in [-0.15, -0.1) is 0 Å². The Morgan fingerprint density at radius 2 is 1.78 bits per heavy atom. The van der Waals surface area contributed by atoms with E-state index >= 15 is 0 Å². The maximum atomic E-state index is 11.7. The summed E-state index contributed by atoms with van der Waals surface area (Å²) in [5, 5.41) is 3.34. The van der Waals surface area contributed by atoms with Crippen molar-refractivity contribution in [3.63, 3.8) is 0 Å². The van der Waals surface area contributed by atoms with Crippen LogP contribution in [-0.2, 0) is 9.84 Å². The summed E-state index contributed by atoms with van der Waals surface area (Å²) in [5.74, 6) is 0.123. The van der Waals surface area contributed by atoms with E-state index in [2.05, 4.69) is 19.2 Å². The molecule has 0 spiro atoms. The molecule has 3 N–H and O–H groups in total. The molecule has 1 aromatic carbocycles. The van der Waals surface area contributed by atoms with Crippen LogP contribution in [0.3, 0.4) is 0 Å². The highest BCUT2D eigenvalue weighted by atomic mass is 32.2. The molecule has 0 aliphatic rings. The molecule has 1 aromatic rings. The predicted octanol–water partition coefficient (Wildman–Crippen LogP) is 2.02. The number of sulfone groups is 1. The average Bonchev–Trinajstić information content (AvgIpc) is 2.29. The van der Waals surface area contributed by atoms with E-state index < -0.39 is 9.84 Å². The largest absolute Gasteiger partial charge is 0.380 e. The summed E-state index contributed by atoms with van der Waals surface area (Å²) < 4.78 is 23.3. The Morgan fingerprint density at radius 1 is 1.22 bits per heavy atom. The average molecular weight is 270 g/mol. The maximum Gasteiger partial charge on any atom is 0.178 e. The second-order valence-electron chi connectivity index (χ2n) is 4.98. The van der Waals surface area contributed by atoms with Crippen LogP contribution in [0.25, 0.3) is 0 Å². The lowest BCUT2D eigenvalue weighted by Crippen LogP contribution is -2.33. The van der Waals surface area contributed by atoms with Crippen LogP contribution in [0.5, 0.6) is 0 Å². The second-order valence-corrected chi connectivity index (χ2v) is 7.25. The van der Waals surface area contributed by atoms with Gasteiger partial charge in [-0.3, -0.25) is 0 Å². The highest BCUT2D eigenvalue weighted by molar-refractivity contribution is 7.91. The van der Waals surface area contributed by atoms with E-state index in [0.29, 0.717) is 11.4 Å². The highest BCUT2D eigenvalue weighted by Gasteiger charge is 2.16. The molecule has 18 heavy (non-hydrogen) atoms. The SMILES string of the molecule is CCS(=O)(=O)c1ccc(NC(C)(C)CCN)cc1. The van der Waals surface area contributed by atoms with Gasteiger partial charge in [-0.25, -0.2) is 8.42 Å². The number of rotatable bonds is 6. The van der Waals surface area contributed by atoms with Crippen molar-refractivity contribution in [2.75, 3.05) is 17.6 Å². The summed E-state index contributed by atoms with van der Waals surface area (Å²) >= 11 is 0. The summed E-state index contributed by atoms with van der Waals surface area (Å²) in [6.07, 6.45) is 0.849. The Hall–Kier alpha value is -1.07. The second kappa shape index (κ2) is 5.71. The minimum absolute atomic E-state index is 0.0973. The van der Waals surface area contributed by atoms with E-state index in [1.807, 2.05) is 0 Å². The van der Waals surface area contributed by atoms with E-state index in [1.165, 1.54) is 0 Å². The summed E-state index contributed by atoms with van der Waals surface area (Å²) in [7, 11) is -3.12. The topological polar surface area (TPSA) is 72.2 Å². The van der Waals surface area contributed by atoms with Gasteiger partial charge in [0.05, 0.1) is 10.6 Å². The van der Waals surface area contributed by atoms with Gasteiger partial charge in [-0.05, 0) is 51.1 Å². The van der Waals surface area contributed by atoms with Crippen molar-refractivity contribution in [2.24, 2.45) is 5.73 Å². The quantitative estimate of drug-likeness (QED) is 0.829. The van der Waals surface area contributed by atoms with Crippen molar-refractivity contribution < 1.29 is 8.42 Å². The Morgan fingerprint density at radius 3 is 2.22 bits per heavy atom. The zero-order chi connectivity index (χ0) is 13.8. The first kappa shape index (κ1) is 15.0. The first-order valence-electron chi connectivity index (χ1n) is 6.12. The molecule has 0 saturated heterocycles. The van der Waals surface area contributed by atoms with Crippen LogP contribution in [0.4, 0.5) is 5.69 Å². The van der Waals surface area contributed by atoms with Crippen LogP contribution in [-0.4, -0.2) is 26.3 Å². The lowest BCUT2D eigenvalue weighted by Gasteiger charge is -2.27. The molecule has 0 amide bonds. The number of hydrogen-bond donors (Lipinski definition) is 2. The Bertz CT molecular complexity index is 478. The number of benzene rings is 1. The molecule has 0 unspecified atom stereocenters. The predicted molar refractivity (Wildman–Crippen MR) is 75.5 cm³/mol. The van der Waals surface area contributed by atoms with Gasteiger partial charge in [0, 0.05) is 11.2 Å². The van der Waals surface area contributed by atoms with Crippen molar-refractivity contribution in [3.8, 4) is 0 Å². The molecule has 0 aliphatic carbocycles. The number of nitrogens with two attached hydrogens (primary N) is 1. The fourth-order valence-corrected chi connectivity index (χ4v) is 2.61. The zero-order valence-electron chi connectivity index (χ0n) is 11.2. The van der Waals surface area contributed by atoms with E-state index in [0.717, 1.165) is 12.1 Å². The van der Waals surface area contributed by atoms with Crippen LogP contribution in [0.15, 0.2) is 29.2 Å². The first-order chi connectivity index (χ1) is 8.30. The summed E-state index contributed by atoms with van der Waals surface area (Å²) in [6, 6.07) is 6.86. The molecule has 0 aliphatic heterocycles. The molecular weight excluding hydrogens is 248 g/mol. The minimum atomic E-state index is -3.12. The van der Waals surface area contributed by atoms with Crippen molar-refractivity contribution in [1.29, 1.82) is 0 Å². The number of hydrogen-bond acceptors (Lipinski definition) is 4. The van der Waals surface area contributed by atoms with Gasteiger partial charge >= 0.3 is 0 Å². The molecular formula is C13H22N2O2S. The van der Waals surface area contributed by atoms with E-state index in [-0.39, 0.29) is 11.3 Å². The fraction of sp³-hybridized carbons (Fsp3) is 0.538. The Labute approximate surface area is 110 Å². The van der Waals surface area contributed by atoms with Gasteiger partial charge in [-0.2, -0.15) is 0 Å². The van der Waals surface area contributed by atoms with Crippen LogP contribution in [0.2, 0.25) is 0 Å². The van der Waals surface area contributed by atoms with Gasteiger partial charge in [0.25, 0.3) is 0 Å². The zero-order valence-corrected chi connectivity index (χ0v) is 12.0. The maximum absolute atomic E-state index is 11.7. The molecule has 0 bridgehead atoms.